The fourth-order valence-corrected chi connectivity index (χ4v) is 2.43. The quantitative estimate of drug-likeness (QED) is 0.739. The Morgan fingerprint density at radius 3 is 2.17 bits per heavy atom. The number of rotatable bonds is 2. The molecule has 2 aliphatic rings. The van der Waals surface area contributed by atoms with Crippen LogP contribution in [0.4, 0.5) is 0 Å². The highest BCUT2D eigenvalue weighted by Gasteiger charge is 2.49. The monoisotopic (exact) mass is 254 g/mol. The summed E-state index contributed by atoms with van der Waals surface area (Å²) in [7, 11) is 0. The number of carbonyl (C=O) groups is 3. The van der Waals surface area contributed by atoms with Crippen molar-refractivity contribution in [3.8, 4) is 0 Å². The van der Waals surface area contributed by atoms with Gasteiger partial charge in [-0.3, -0.25) is 14.4 Å². The van der Waals surface area contributed by atoms with Gasteiger partial charge in [-0.15, -0.1) is 0 Å². The molecule has 1 aliphatic carbocycles. The third kappa shape index (κ3) is 2.63. The van der Waals surface area contributed by atoms with Crippen molar-refractivity contribution in [3.05, 3.63) is 0 Å². The average Bonchev–Trinajstić information content (AvgIpc) is 3.11. The highest BCUT2D eigenvalue weighted by molar-refractivity contribution is 5.89. The van der Waals surface area contributed by atoms with Crippen molar-refractivity contribution in [2.75, 3.05) is 26.2 Å². The average molecular weight is 254 g/mol. The molecule has 2 fully saturated rings. The summed E-state index contributed by atoms with van der Waals surface area (Å²) < 4.78 is 0. The Kier molecular flexibility index (Phi) is 3.54. The van der Waals surface area contributed by atoms with Crippen LogP contribution in [0.5, 0.6) is 0 Å². The molecule has 0 aromatic rings. The van der Waals surface area contributed by atoms with Gasteiger partial charge in [-0.25, -0.2) is 0 Å². The van der Waals surface area contributed by atoms with E-state index >= 15 is 0 Å². The summed E-state index contributed by atoms with van der Waals surface area (Å²) in [4.78, 5) is 37.5. The van der Waals surface area contributed by atoms with Crippen LogP contribution in [0.1, 0.15) is 19.8 Å². The van der Waals surface area contributed by atoms with Gasteiger partial charge in [-0.1, -0.05) is 0 Å². The number of hydrogen-bond acceptors (Lipinski definition) is 3. The second-order valence-corrected chi connectivity index (χ2v) is 4.97. The molecule has 0 spiro atoms. The molecule has 2 atom stereocenters. The van der Waals surface area contributed by atoms with Crippen molar-refractivity contribution in [2.45, 2.75) is 19.8 Å². The number of amides is 2. The van der Waals surface area contributed by atoms with Gasteiger partial charge in [0.05, 0.1) is 11.8 Å². The lowest BCUT2D eigenvalue weighted by molar-refractivity contribution is -0.142. The predicted molar refractivity (Wildman–Crippen MR) is 62.7 cm³/mol. The minimum atomic E-state index is -0.881. The van der Waals surface area contributed by atoms with Gasteiger partial charge >= 0.3 is 5.97 Å². The van der Waals surface area contributed by atoms with E-state index in [0.29, 0.717) is 32.6 Å². The predicted octanol–water partition coefficient (Wildman–Crippen LogP) is -0.212. The van der Waals surface area contributed by atoms with Crippen LogP contribution in [-0.2, 0) is 14.4 Å². The van der Waals surface area contributed by atoms with E-state index in [1.165, 1.54) is 6.92 Å². The van der Waals surface area contributed by atoms with E-state index in [2.05, 4.69) is 0 Å². The van der Waals surface area contributed by atoms with Gasteiger partial charge in [0.1, 0.15) is 0 Å². The van der Waals surface area contributed by atoms with Crippen LogP contribution >= 0.6 is 0 Å². The molecular formula is C12H18N2O4. The Bertz CT molecular complexity index is 382. The third-order valence-corrected chi connectivity index (χ3v) is 3.68. The number of hydrogen-bond donors (Lipinski definition) is 1. The molecule has 1 N–H and O–H groups in total. The number of carbonyl (C=O) groups excluding carboxylic acids is 2. The maximum Gasteiger partial charge on any atom is 0.307 e. The van der Waals surface area contributed by atoms with Gasteiger partial charge in [-0.2, -0.15) is 0 Å². The fraction of sp³-hybridized carbons (Fsp3) is 0.750. The normalized spacial score (nSPS) is 27.6. The highest BCUT2D eigenvalue weighted by atomic mass is 16.4. The van der Waals surface area contributed by atoms with Crippen molar-refractivity contribution in [1.29, 1.82) is 0 Å². The molecule has 0 aromatic heterocycles. The Hall–Kier alpha value is -1.59. The summed E-state index contributed by atoms with van der Waals surface area (Å²) in [6.45, 7) is 3.88. The molecular weight excluding hydrogens is 236 g/mol. The minimum absolute atomic E-state index is 0.0270. The van der Waals surface area contributed by atoms with Gasteiger partial charge in [-0.05, 0) is 12.8 Å². The first-order chi connectivity index (χ1) is 8.50. The lowest BCUT2D eigenvalue weighted by Gasteiger charge is -2.21. The van der Waals surface area contributed by atoms with E-state index in [0.717, 1.165) is 6.42 Å². The van der Waals surface area contributed by atoms with Gasteiger partial charge in [0.2, 0.25) is 11.8 Å². The van der Waals surface area contributed by atoms with Crippen LogP contribution in [0, 0.1) is 11.8 Å². The molecule has 18 heavy (non-hydrogen) atoms. The molecule has 2 amide bonds. The third-order valence-electron chi connectivity index (χ3n) is 3.68. The second-order valence-electron chi connectivity index (χ2n) is 4.97. The van der Waals surface area contributed by atoms with Crippen molar-refractivity contribution in [1.82, 2.24) is 9.80 Å². The topological polar surface area (TPSA) is 77.9 Å². The van der Waals surface area contributed by atoms with Crippen LogP contribution in [0.15, 0.2) is 0 Å². The van der Waals surface area contributed by atoms with E-state index < -0.39 is 11.9 Å². The maximum absolute atomic E-state index is 12.1. The first-order valence-corrected chi connectivity index (χ1v) is 6.28. The van der Waals surface area contributed by atoms with Gasteiger partial charge in [0.25, 0.3) is 0 Å². The Balaban J connectivity index is 1.89. The van der Waals surface area contributed by atoms with Crippen LogP contribution in [0.25, 0.3) is 0 Å². The van der Waals surface area contributed by atoms with Crippen molar-refractivity contribution < 1.29 is 19.5 Å². The zero-order chi connectivity index (χ0) is 13.3. The Morgan fingerprint density at radius 2 is 1.61 bits per heavy atom. The SMILES string of the molecule is CC(=O)N1CCCN(C(=O)[C@@H]2C[C@@H]2C(=O)O)CC1. The molecule has 6 heteroatoms. The maximum atomic E-state index is 12.1. The molecule has 100 valence electrons. The van der Waals surface area contributed by atoms with Crippen LogP contribution < -0.4 is 0 Å². The van der Waals surface area contributed by atoms with E-state index in [1.54, 1.807) is 9.80 Å². The molecule has 1 saturated heterocycles. The van der Waals surface area contributed by atoms with Gasteiger partial charge in [0, 0.05) is 33.1 Å². The lowest BCUT2D eigenvalue weighted by Crippen LogP contribution is -2.37. The summed E-state index contributed by atoms with van der Waals surface area (Å²) >= 11 is 0. The summed E-state index contributed by atoms with van der Waals surface area (Å²) in [5, 5.41) is 8.82. The zero-order valence-electron chi connectivity index (χ0n) is 10.5. The standard InChI is InChI=1S/C12H18N2O4/c1-8(15)13-3-2-4-14(6-5-13)11(16)9-7-10(9)12(17)18/h9-10H,2-7H2,1H3,(H,17,18)/t9-,10+/m1/s1. The molecule has 0 bridgehead atoms. The second kappa shape index (κ2) is 4.96. The fourth-order valence-electron chi connectivity index (χ4n) is 2.43. The van der Waals surface area contributed by atoms with Gasteiger partial charge in [0.15, 0.2) is 0 Å². The largest absolute Gasteiger partial charge is 0.481 e. The van der Waals surface area contributed by atoms with E-state index in [-0.39, 0.29) is 17.7 Å². The molecule has 2 rings (SSSR count). The lowest BCUT2D eigenvalue weighted by atomic mass is 10.2. The molecule has 0 radical (unpaired) electrons. The Morgan fingerprint density at radius 1 is 1.00 bits per heavy atom. The van der Waals surface area contributed by atoms with Crippen molar-refractivity contribution >= 4 is 17.8 Å². The molecule has 0 aromatic carbocycles. The van der Waals surface area contributed by atoms with Crippen LogP contribution in [-0.4, -0.2) is 58.9 Å². The minimum Gasteiger partial charge on any atom is -0.481 e. The van der Waals surface area contributed by atoms with Gasteiger partial charge < -0.3 is 14.9 Å². The molecule has 0 unspecified atom stereocenters. The van der Waals surface area contributed by atoms with Crippen LogP contribution in [0.3, 0.4) is 0 Å². The van der Waals surface area contributed by atoms with E-state index in [4.69, 9.17) is 5.11 Å². The number of nitrogens with zero attached hydrogens (tertiary/aromatic N) is 2. The summed E-state index contributed by atoms with van der Waals surface area (Å²) in [5.74, 6) is -1.75. The molecule has 1 aliphatic heterocycles. The first kappa shape index (κ1) is 12.9. The summed E-state index contributed by atoms with van der Waals surface area (Å²) in [6.07, 6.45) is 1.22. The number of carboxylic acid groups (broad SMARTS) is 1. The number of aliphatic carboxylic acids is 1. The highest BCUT2D eigenvalue weighted by Crippen LogP contribution is 2.40. The molecule has 1 saturated carbocycles. The van der Waals surface area contributed by atoms with Crippen LogP contribution in [0.2, 0.25) is 0 Å². The molecule has 6 nitrogen and oxygen atoms in total. The summed E-state index contributed by atoms with van der Waals surface area (Å²) in [5.41, 5.74) is 0. The Labute approximate surface area is 106 Å². The number of carboxylic acids is 1. The first-order valence-electron chi connectivity index (χ1n) is 6.28. The summed E-state index contributed by atoms with van der Waals surface area (Å²) in [6, 6.07) is 0. The smallest absolute Gasteiger partial charge is 0.307 e. The molecule has 1 heterocycles. The van der Waals surface area contributed by atoms with E-state index in [1.807, 2.05) is 0 Å². The van der Waals surface area contributed by atoms with Crippen molar-refractivity contribution in [2.24, 2.45) is 11.8 Å². The van der Waals surface area contributed by atoms with E-state index in [9.17, 15) is 14.4 Å². The zero-order valence-corrected chi connectivity index (χ0v) is 10.5. The van der Waals surface area contributed by atoms with Crippen molar-refractivity contribution in [3.63, 3.8) is 0 Å².